The Morgan fingerprint density at radius 3 is 2.79 bits per heavy atom. The highest BCUT2D eigenvalue weighted by Gasteiger charge is 2.20. The second kappa shape index (κ2) is 8.80. The minimum atomic E-state index is -0.101. The van der Waals surface area contributed by atoms with Gasteiger partial charge in [0.2, 0.25) is 5.91 Å². The average Bonchev–Trinajstić information content (AvgIpc) is 3.29. The second-order valence-corrected chi connectivity index (χ2v) is 10.1. The number of likely N-dealkylation sites (tertiary alicyclic amines) is 1. The lowest BCUT2D eigenvalue weighted by atomic mass is 10.2. The molecule has 1 fully saturated rings. The highest BCUT2D eigenvalue weighted by atomic mass is 32.2. The van der Waals surface area contributed by atoms with E-state index >= 15 is 0 Å². The molecule has 1 unspecified atom stereocenters. The normalized spacial score (nSPS) is 16.2. The number of carbonyl (C=O) groups is 1. The van der Waals surface area contributed by atoms with Gasteiger partial charge in [-0.1, -0.05) is 18.9 Å². The molecule has 0 saturated carbocycles. The summed E-state index contributed by atoms with van der Waals surface area (Å²) in [5.41, 5.74) is 0.850. The molecule has 4 rings (SSSR count). The zero-order valence-corrected chi connectivity index (χ0v) is 18.2. The number of aromatic amines is 1. The van der Waals surface area contributed by atoms with E-state index < -0.39 is 0 Å². The summed E-state index contributed by atoms with van der Waals surface area (Å²) >= 11 is 4.66. The van der Waals surface area contributed by atoms with Crippen molar-refractivity contribution in [1.82, 2.24) is 14.9 Å². The first-order valence-corrected chi connectivity index (χ1v) is 12.4. The Morgan fingerprint density at radius 2 is 2.07 bits per heavy atom. The molecule has 1 aliphatic heterocycles. The van der Waals surface area contributed by atoms with Crippen molar-refractivity contribution in [1.29, 1.82) is 0 Å². The fourth-order valence-corrected chi connectivity index (χ4v) is 6.07. The molecule has 0 aromatic carbocycles. The van der Waals surface area contributed by atoms with Gasteiger partial charge in [-0.15, -0.1) is 34.4 Å². The van der Waals surface area contributed by atoms with Crippen LogP contribution in [0.1, 0.15) is 43.7 Å². The number of carbonyl (C=O) groups excluding carboxylic acids is 1. The van der Waals surface area contributed by atoms with Crippen molar-refractivity contribution in [3.63, 3.8) is 0 Å². The topological polar surface area (TPSA) is 66.1 Å². The number of thiophene rings is 2. The molecule has 148 valence electrons. The summed E-state index contributed by atoms with van der Waals surface area (Å²) in [6.07, 6.45) is 4.63. The number of rotatable bonds is 5. The van der Waals surface area contributed by atoms with Crippen LogP contribution < -0.4 is 5.56 Å². The summed E-state index contributed by atoms with van der Waals surface area (Å²) in [4.78, 5) is 36.7. The van der Waals surface area contributed by atoms with E-state index in [0.29, 0.717) is 17.0 Å². The lowest BCUT2D eigenvalue weighted by Crippen LogP contribution is -2.33. The number of hydrogen-bond donors (Lipinski definition) is 1. The monoisotopic (exact) mass is 433 g/mol. The molecule has 4 heterocycles. The second-order valence-electron chi connectivity index (χ2n) is 7.01. The summed E-state index contributed by atoms with van der Waals surface area (Å²) in [5, 5.41) is 4.63. The van der Waals surface area contributed by atoms with Crippen molar-refractivity contribution >= 4 is 50.6 Å². The first-order valence-electron chi connectivity index (χ1n) is 9.58. The smallest absolute Gasteiger partial charge is 0.260 e. The molecule has 1 atom stereocenters. The number of amides is 1. The molecule has 0 radical (unpaired) electrons. The maximum Gasteiger partial charge on any atom is 0.260 e. The third kappa shape index (κ3) is 4.18. The zero-order chi connectivity index (χ0) is 19.5. The molecule has 1 N–H and O–H groups in total. The van der Waals surface area contributed by atoms with Gasteiger partial charge < -0.3 is 9.88 Å². The molecule has 8 heteroatoms. The van der Waals surface area contributed by atoms with Crippen LogP contribution in [0.4, 0.5) is 0 Å². The molecule has 1 amide bonds. The van der Waals surface area contributed by atoms with E-state index in [1.54, 1.807) is 23.1 Å². The first kappa shape index (κ1) is 19.7. The molecular formula is C20H23N3O2S3. The lowest BCUT2D eigenvalue weighted by Gasteiger charge is -2.21. The van der Waals surface area contributed by atoms with E-state index in [0.717, 1.165) is 41.2 Å². The van der Waals surface area contributed by atoms with Gasteiger partial charge in [-0.05, 0) is 31.2 Å². The predicted molar refractivity (Wildman–Crippen MR) is 119 cm³/mol. The van der Waals surface area contributed by atoms with Gasteiger partial charge in [0, 0.05) is 28.9 Å². The van der Waals surface area contributed by atoms with Crippen LogP contribution in [0.2, 0.25) is 0 Å². The molecule has 0 bridgehead atoms. The van der Waals surface area contributed by atoms with Crippen molar-refractivity contribution in [2.75, 3.05) is 18.8 Å². The number of aromatic nitrogens is 2. The Kier molecular flexibility index (Phi) is 6.18. The van der Waals surface area contributed by atoms with Crippen molar-refractivity contribution in [3.8, 4) is 10.4 Å². The number of nitrogens with zero attached hydrogens (tertiary/aromatic N) is 2. The number of thioether (sulfide) groups is 1. The minimum Gasteiger partial charge on any atom is -0.342 e. The van der Waals surface area contributed by atoms with Gasteiger partial charge in [-0.25, -0.2) is 4.98 Å². The molecule has 0 aliphatic carbocycles. The van der Waals surface area contributed by atoms with Gasteiger partial charge in [-0.2, -0.15) is 0 Å². The fraction of sp³-hybridized carbons (Fsp3) is 0.450. The first-order chi connectivity index (χ1) is 13.6. The molecule has 3 aromatic rings. The molecule has 28 heavy (non-hydrogen) atoms. The van der Waals surface area contributed by atoms with Crippen molar-refractivity contribution in [2.45, 2.75) is 37.9 Å². The predicted octanol–water partition coefficient (Wildman–Crippen LogP) is 4.91. The highest BCUT2D eigenvalue weighted by molar-refractivity contribution is 8.00. The number of H-pyrrole nitrogens is 1. The van der Waals surface area contributed by atoms with Crippen LogP contribution in [0.5, 0.6) is 0 Å². The van der Waals surface area contributed by atoms with Crippen LogP contribution in [-0.4, -0.2) is 39.6 Å². The Balaban J connectivity index is 1.48. The molecule has 1 saturated heterocycles. The standard InChI is InChI=1S/C20H23N3O2S3/c1-13(27-12-16(24)23-8-4-2-3-5-9-23)18-21-19(25)17-14(11-28-20(17)22-18)15-7-6-10-26-15/h6-7,10-11,13H,2-5,8-9,12H2,1H3,(H,21,22,25). The summed E-state index contributed by atoms with van der Waals surface area (Å²) < 4.78 is 0. The van der Waals surface area contributed by atoms with Crippen LogP contribution in [0, 0.1) is 0 Å². The van der Waals surface area contributed by atoms with Gasteiger partial charge in [0.1, 0.15) is 10.7 Å². The van der Waals surface area contributed by atoms with Crippen LogP contribution in [0.25, 0.3) is 20.7 Å². The average molecular weight is 434 g/mol. The zero-order valence-electron chi connectivity index (χ0n) is 15.8. The van der Waals surface area contributed by atoms with Crippen molar-refractivity contribution < 1.29 is 4.79 Å². The van der Waals surface area contributed by atoms with E-state index in [9.17, 15) is 9.59 Å². The SMILES string of the molecule is CC(SCC(=O)N1CCCCCC1)c1nc2scc(-c3cccs3)c2c(=O)[nH]1. The van der Waals surface area contributed by atoms with Crippen LogP contribution >= 0.6 is 34.4 Å². The van der Waals surface area contributed by atoms with Gasteiger partial charge in [0.15, 0.2) is 0 Å². The third-order valence-electron chi connectivity index (χ3n) is 5.05. The maximum absolute atomic E-state index is 12.7. The fourth-order valence-electron chi connectivity index (χ4n) is 3.46. The van der Waals surface area contributed by atoms with Crippen LogP contribution in [-0.2, 0) is 4.79 Å². The molecule has 3 aromatic heterocycles. The Labute approximate surface area is 176 Å². The van der Waals surface area contributed by atoms with E-state index in [1.807, 2.05) is 34.7 Å². The van der Waals surface area contributed by atoms with E-state index in [4.69, 9.17) is 4.98 Å². The van der Waals surface area contributed by atoms with Crippen LogP contribution in [0.15, 0.2) is 27.7 Å². The highest BCUT2D eigenvalue weighted by Crippen LogP contribution is 2.34. The Hall–Kier alpha value is -1.64. The maximum atomic E-state index is 12.7. The largest absolute Gasteiger partial charge is 0.342 e. The summed E-state index contributed by atoms with van der Waals surface area (Å²) in [6, 6.07) is 4.01. The molecular weight excluding hydrogens is 410 g/mol. The Morgan fingerprint density at radius 1 is 1.29 bits per heavy atom. The van der Waals surface area contributed by atoms with Crippen LogP contribution in [0.3, 0.4) is 0 Å². The van der Waals surface area contributed by atoms with Crippen molar-refractivity contribution in [2.24, 2.45) is 0 Å². The van der Waals surface area contributed by atoms with Gasteiger partial charge in [0.05, 0.1) is 16.4 Å². The summed E-state index contributed by atoms with van der Waals surface area (Å²) in [5.74, 6) is 1.26. The van der Waals surface area contributed by atoms with Gasteiger partial charge in [0.25, 0.3) is 5.56 Å². The van der Waals surface area contributed by atoms with Gasteiger partial charge in [-0.3, -0.25) is 9.59 Å². The van der Waals surface area contributed by atoms with E-state index in [1.165, 1.54) is 24.2 Å². The quantitative estimate of drug-likeness (QED) is 0.621. The number of fused-ring (bicyclic) bond motifs is 1. The van der Waals surface area contributed by atoms with E-state index in [2.05, 4.69) is 4.98 Å². The summed E-state index contributed by atoms with van der Waals surface area (Å²) in [6.45, 7) is 3.74. The van der Waals surface area contributed by atoms with Gasteiger partial charge >= 0.3 is 0 Å². The third-order valence-corrected chi connectivity index (χ3v) is 7.96. The molecule has 0 spiro atoms. The molecule has 1 aliphatic rings. The van der Waals surface area contributed by atoms with Crippen molar-refractivity contribution in [3.05, 3.63) is 39.1 Å². The number of nitrogens with one attached hydrogen (secondary N) is 1. The van der Waals surface area contributed by atoms with E-state index in [-0.39, 0.29) is 16.7 Å². The minimum absolute atomic E-state index is 0.0414. The summed E-state index contributed by atoms with van der Waals surface area (Å²) in [7, 11) is 0. The molecule has 5 nitrogen and oxygen atoms in total. The lowest BCUT2D eigenvalue weighted by molar-refractivity contribution is -0.128. The number of hydrogen-bond acceptors (Lipinski definition) is 6. The Bertz CT molecular complexity index is 1000.